The fraction of sp³-hybridized carbons (Fsp3) is 0.250. The Morgan fingerprint density at radius 2 is 2.21 bits per heavy atom. The standard InChI is InChI=1S/C12H13N5OS/c1-7-4-3-5-8(10(7)13)11-16-17-9(6-18-2)14-15-12(17)19-11/h3-5H,6,13H2,1-2H3. The molecule has 0 fully saturated rings. The molecule has 1 aromatic carbocycles. The van der Waals surface area contributed by atoms with Crippen molar-refractivity contribution >= 4 is 22.0 Å². The highest BCUT2D eigenvalue weighted by Gasteiger charge is 2.14. The maximum Gasteiger partial charge on any atom is 0.235 e. The number of benzene rings is 1. The zero-order valence-electron chi connectivity index (χ0n) is 10.6. The Labute approximate surface area is 113 Å². The van der Waals surface area contributed by atoms with Crippen molar-refractivity contribution in [1.82, 2.24) is 19.8 Å². The molecule has 98 valence electrons. The lowest BCUT2D eigenvalue weighted by atomic mass is 10.1. The summed E-state index contributed by atoms with van der Waals surface area (Å²) in [6, 6.07) is 5.92. The maximum absolute atomic E-state index is 6.10. The third kappa shape index (κ3) is 1.96. The number of methoxy groups -OCH3 is 1. The molecule has 0 aliphatic carbocycles. The van der Waals surface area contributed by atoms with Crippen LogP contribution in [0.2, 0.25) is 0 Å². The van der Waals surface area contributed by atoms with Crippen molar-refractivity contribution in [3.05, 3.63) is 29.6 Å². The van der Waals surface area contributed by atoms with E-state index >= 15 is 0 Å². The van der Waals surface area contributed by atoms with Crippen LogP contribution in [0.1, 0.15) is 11.4 Å². The minimum absolute atomic E-state index is 0.383. The van der Waals surface area contributed by atoms with E-state index in [2.05, 4.69) is 15.3 Å². The fourth-order valence-corrected chi connectivity index (χ4v) is 2.75. The third-order valence-electron chi connectivity index (χ3n) is 2.88. The first-order chi connectivity index (χ1) is 9.20. The molecule has 0 aliphatic rings. The molecule has 0 atom stereocenters. The van der Waals surface area contributed by atoms with E-state index in [1.807, 2.05) is 25.1 Å². The topological polar surface area (TPSA) is 78.3 Å². The van der Waals surface area contributed by atoms with Crippen LogP contribution in [0.15, 0.2) is 18.2 Å². The van der Waals surface area contributed by atoms with E-state index in [1.54, 1.807) is 11.6 Å². The van der Waals surface area contributed by atoms with E-state index in [-0.39, 0.29) is 0 Å². The van der Waals surface area contributed by atoms with Crippen LogP contribution in [0.3, 0.4) is 0 Å². The molecule has 2 N–H and O–H groups in total. The van der Waals surface area contributed by atoms with Gasteiger partial charge < -0.3 is 10.5 Å². The van der Waals surface area contributed by atoms with Gasteiger partial charge in [0.1, 0.15) is 11.6 Å². The number of fused-ring (bicyclic) bond motifs is 1. The Kier molecular flexibility index (Phi) is 2.92. The van der Waals surface area contributed by atoms with E-state index in [9.17, 15) is 0 Å². The summed E-state index contributed by atoms with van der Waals surface area (Å²) in [6.45, 7) is 2.36. The predicted molar refractivity (Wildman–Crippen MR) is 74.0 cm³/mol. The first-order valence-electron chi connectivity index (χ1n) is 5.76. The summed E-state index contributed by atoms with van der Waals surface area (Å²) in [4.78, 5) is 0.739. The average molecular weight is 275 g/mol. The van der Waals surface area contributed by atoms with Gasteiger partial charge in [-0.2, -0.15) is 9.61 Å². The van der Waals surface area contributed by atoms with Crippen LogP contribution >= 0.6 is 11.3 Å². The molecule has 0 amide bonds. The Bertz CT molecular complexity index is 733. The number of hydrogen-bond acceptors (Lipinski definition) is 6. The predicted octanol–water partition coefficient (Wildman–Crippen LogP) is 1.89. The van der Waals surface area contributed by atoms with Crippen molar-refractivity contribution in [1.29, 1.82) is 0 Å². The first-order valence-corrected chi connectivity index (χ1v) is 6.58. The van der Waals surface area contributed by atoms with Gasteiger partial charge in [-0.05, 0) is 18.6 Å². The number of hydrogen-bond donors (Lipinski definition) is 1. The molecule has 0 saturated carbocycles. The van der Waals surface area contributed by atoms with Crippen molar-refractivity contribution < 1.29 is 4.74 Å². The van der Waals surface area contributed by atoms with Gasteiger partial charge in [0.05, 0.1) is 0 Å². The van der Waals surface area contributed by atoms with Crippen LogP contribution < -0.4 is 5.73 Å². The Balaban J connectivity index is 2.13. The molecule has 6 nitrogen and oxygen atoms in total. The summed E-state index contributed by atoms with van der Waals surface area (Å²) < 4.78 is 6.77. The molecular formula is C12H13N5OS. The Morgan fingerprint density at radius 1 is 1.37 bits per heavy atom. The second kappa shape index (κ2) is 4.60. The Hall–Kier alpha value is -1.99. The normalized spacial score (nSPS) is 11.3. The van der Waals surface area contributed by atoms with Crippen LogP contribution in [0.5, 0.6) is 0 Å². The van der Waals surface area contributed by atoms with Gasteiger partial charge in [-0.15, -0.1) is 10.2 Å². The largest absolute Gasteiger partial charge is 0.398 e. The van der Waals surface area contributed by atoms with Gasteiger partial charge in [-0.25, -0.2) is 0 Å². The lowest BCUT2D eigenvalue weighted by Gasteiger charge is -2.04. The highest BCUT2D eigenvalue weighted by atomic mass is 32.1. The molecule has 19 heavy (non-hydrogen) atoms. The lowest BCUT2D eigenvalue weighted by Crippen LogP contribution is -1.98. The van der Waals surface area contributed by atoms with Gasteiger partial charge in [-0.3, -0.25) is 0 Å². The summed E-state index contributed by atoms with van der Waals surface area (Å²) in [5.41, 5.74) is 8.82. The molecule has 0 radical (unpaired) electrons. The van der Waals surface area contributed by atoms with E-state index in [1.165, 1.54) is 11.3 Å². The van der Waals surface area contributed by atoms with Crippen molar-refractivity contribution in [2.24, 2.45) is 0 Å². The second-order valence-corrected chi connectivity index (χ2v) is 5.14. The van der Waals surface area contributed by atoms with Gasteiger partial charge in [-0.1, -0.05) is 23.5 Å². The summed E-state index contributed by atoms with van der Waals surface area (Å²) in [7, 11) is 1.62. The number of aromatic nitrogens is 4. The summed E-state index contributed by atoms with van der Waals surface area (Å²) >= 11 is 1.46. The van der Waals surface area contributed by atoms with Gasteiger partial charge in [0.25, 0.3) is 0 Å². The number of aryl methyl sites for hydroxylation is 1. The highest BCUT2D eigenvalue weighted by Crippen LogP contribution is 2.31. The molecule has 7 heteroatoms. The van der Waals surface area contributed by atoms with E-state index in [4.69, 9.17) is 10.5 Å². The number of nitrogens with zero attached hydrogens (tertiary/aromatic N) is 4. The van der Waals surface area contributed by atoms with Crippen molar-refractivity contribution in [2.45, 2.75) is 13.5 Å². The van der Waals surface area contributed by atoms with E-state index in [0.717, 1.165) is 26.8 Å². The monoisotopic (exact) mass is 275 g/mol. The second-order valence-electron chi connectivity index (χ2n) is 4.19. The molecule has 0 spiro atoms. The SMILES string of the molecule is COCc1nnc2sc(-c3cccc(C)c3N)nn12. The highest BCUT2D eigenvalue weighted by molar-refractivity contribution is 7.19. The minimum Gasteiger partial charge on any atom is -0.398 e. The van der Waals surface area contributed by atoms with Gasteiger partial charge >= 0.3 is 0 Å². The molecule has 3 aromatic rings. The maximum atomic E-state index is 6.10. The zero-order valence-corrected chi connectivity index (χ0v) is 11.4. The molecule has 3 rings (SSSR count). The fourth-order valence-electron chi connectivity index (χ4n) is 1.85. The van der Waals surface area contributed by atoms with E-state index in [0.29, 0.717) is 12.4 Å². The van der Waals surface area contributed by atoms with Gasteiger partial charge in [0.15, 0.2) is 5.82 Å². The molecule has 0 aliphatic heterocycles. The third-order valence-corrected chi connectivity index (χ3v) is 3.82. The lowest BCUT2D eigenvalue weighted by molar-refractivity contribution is 0.176. The summed E-state index contributed by atoms with van der Waals surface area (Å²) in [5.74, 6) is 0.686. The van der Waals surface area contributed by atoms with Crippen molar-refractivity contribution in [3.8, 4) is 10.6 Å². The van der Waals surface area contributed by atoms with Crippen LogP contribution in [0.25, 0.3) is 15.5 Å². The van der Waals surface area contributed by atoms with Gasteiger partial charge in [0.2, 0.25) is 4.96 Å². The van der Waals surface area contributed by atoms with E-state index < -0.39 is 0 Å². The molecular weight excluding hydrogens is 262 g/mol. The van der Waals surface area contributed by atoms with Crippen molar-refractivity contribution in [3.63, 3.8) is 0 Å². The van der Waals surface area contributed by atoms with Crippen LogP contribution in [-0.2, 0) is 11.3 Å². The smallest absolute Gasteiger partial charge is 0.235 e. The van der Waals surface area contributed by atoms with Crippen LogP contribution in [0.4, 0.5) is 5.69 Å². The number of para-hydroxylation sites is 1. The number of nitrogen functional groups attached to an aromatic ring is 1. The number of ether oxygens (including phenoxy) is 1. The molecule has 0 bridgehead atoms. The molecule has 0 unspecified atom stereocenters. The molecule has 0 saturated heterocycles. The van der Waals surface area contributed by atoms with Crippen LogP contribution in [-0.4, -0.2) is 26.9 Å². The number of rotatable bonds is 3. The molecule has 2 aromatic heterocycles. The number of nitrogens with two attached hydrogens (primary N) is 1. The van der Waals surface area contributed by atoms with Crippen LogP contribution in [0, 0.1) is 6.92 Å². The quantitative estimate of drug-likeness (QED) is 0.738. The minimum atomic E-state index is 0.383. The first kappa shape index (κ1) is 12.1. The molecule has 2 heterocycles. The number of anilines is 1. The van der Waals surface area contributed by atoms with Gasteiger partial charge in [0, 0.05) is 18.4 Å². The Morgan fingerprint density at radius 3 is 3.00 bits per heavy atom. The van der Waals surface area contributed by atoms with Crippen molar-refractivity contribution in [2.75, 3.05) is 12.8 Å². The average Bonchev–Trinajstić information content (AvgIpc) is 2.95. The summed E-state index contributed by atoms with van der Waals surface area (Å²) in [6.07, 6.45) is 0. The zero-order chi connectivity index (χ0) is 13.4. The summed E-state index contributed by atoms with van der Waals surface area (Å²) in [5, 5.41) is 13.5.